The Balaban J connectivity index is 3.99. The first-order valence-electron chi connectivity index (χ1n) is 4.42. The van der Waals surface area contributed by atoms with Gasteiger partial charge in [-0.1, -0.05) is 0 Å². The third-order valence-corrected chi connectivity index (χ3v) is 2.56. The van der Waals surface area contributed by atoms with Gasteiger partial charge in [0.25, 0.3) is 0 Å². The summed E-state index contributed by atoms with van der Waals surface area (Å²) in [7, 11) is 0. The van der Waals surface area contributed by atoms with E-state index in [0.717, 1.165) is 0 Å². The van der Waals surface area contributed by atoms with Gasteiger partial charge < -0.3 is 10.4 Å². The van der Waals surface area contributed by atoms with Crippen molar-refractivity contribution in [2.45, 2.75) is 33.2 Å². The van der Waals surface area contributed by atoms with Gasteiger partial charge in [-0.3, -0.25) is 4.79 Å². The lowest BCUT2D eigenvalue weighted by atomic mass is 9.95. The van der Waals surface area contributed by atoms with Gasteiger partial charge in [0.2, 0.25) is 5.91 Å². The van der Waals surface area contributed by atoms with Crippen molar-refractivity contribution >= 4 is 17.5 Å². The van der Waals surface area contributed by atoms with Crippen LogP contribution in [-0.2, 0) is 4.79 Å². The molecule has 0 radical (unpaired) electrons. The molecule has 0 saturated heterocycles. The SMILES string of the molecule is CC(CCO)NC(=O)C(C)(C)CCl. The predicted octanol–water partition coefficient (Wildman–Crippen LogP) is 1.14. The molecular formula is C9H18ClNO2. The average molecular weight is 208 g/mol. The molecule has 0 spiro atoms. The highest BCUT2D eigenvalue weighted by Gasteiger charge is 2.27. The number of rotatable bonds is 5. The van der Waals surface area contributed by atoms with Gasteiger partial charge in [0.1, 0.15) is 0 Å². The van der Waals surface area contributed by atoms with Crippen LogP contribution < -0.4 is 5.32 Å². The van der Waals surface area contributed by atoms with Crippen molar-refractivity contribution in [3.8, 4) is 0 Å². The topological polar surface area (TPSA) is 49.3 Å². The highest BCUT2D eigenvalue weighted by atomic mass is 35.5. The molecule has 0 aromatic carbocycles. The third kappa shape index (κ3) is 4.48. The maximum Gasteiger partial charge on any atom is 0.227 e. The summed E-state index contributed by atoms with van der Waals surface area (Å²) in [5, 5.41) is 11.4. The summed E-state index contributed by atoms with van der Waals surface area (Å²) in [6.07, 6.45) is 0.574. The summed E-state index contributed by atoms with van der Waals surface area (Å²) in [5.41, 5.74) is -0.536. The van der Waals surface area contributed by atoms with Gasteiger partial charge in [-0.2, -0.15) is 0 Å². The van der Waals surface area contributed by atoms with E-state index in [-0.39, 0.29) is 18.6 Å². The second-order valence-electron chi connectivity index (χ2n) is 3.90. The van der Waals surface area contributed by atoms with Gasteiger partial charge in [-0.25, -0.2) is 0 Å². The first-order valence-corrected chi connectivity index (χ1v) is 4.95. The predicted molar refractivity (Wildman–Crippen MR) is 53.8 cm³/mol. The van der Waals surface area contributed by atoms with E-state index in [0.29, 0.717) is 12.3 Å². The van der Waals surface area contributed by atoms with E-state index >= 15 is 0 Å². The standard InChI is InChI=1S/C9H18ClNO2/c1-7(4-5-12)11-8(13)9(2,3)6-10/h7,12H,4-6H2,1-3H3,(H,11,13). The van der Waals surface area contributed by atoms with E-state index in [9.17, 15) is 4.79 Å². The average Bonchev–Trinajstić information content (AvgIpc) is 2.04. The Morgan fingerprint density at radius 2 is 2.15 bits per heavy atom. The Kier molecular flexibility index (Phi) is 5.33. The van der Waals surface area contributed by atoms with Crippen molar-refractivity contribution in [3.63, 3.8) is 0 Å². The van der Waals surface area contributed by atoms with Crippen LogP contribution in [0.25, 0.3) is 0 Å². The van der Waals surface area contributed by atoms with Crippen LogP contribution in [-0.4, -0.2) is 29.5 Å². The highest BCUT2D eigenvalue weighted by Crippen LogP contribution is 2.17. The monoisotopic (exact) mass is 207 g/mol. The zero-order valence-electron chi connectivity index (χ0n) is 8.43. The van der Waals surface area contributed by atoms with E-state index in [1.54, 1.807) is 13.8 Å². The van der Waals surface area contributed by atoms with Crippen molar-refractivity contribution in [1.29, 1.82) is 0 Å². The molecule has 2 N–H and O–H groups in total. The molecule has 1 atom stereocenters. The van der Waals surface area contributed by atoms with Crippen molar-refractivity contribution < 1.29 is 9.90 Å². The number of halogens is 1. The Bertz CT molecular complexity index is 171. The molecular weight excluding hydrogens is 190 g/mol. The molecule has 0 aliphatic rings. The number of carbonyl (C=O) groups is 1. The highest BCUT2D eigenvalue weighted by molar-refractivity contribution is 6.19. The van der Waals surface area contributed by atoms with E-state index in [1.165, 1.54) is 0 Å². The molecule has 0 heterocycles. The molecule has 0 aromatic heterocycles. The van der Waals surface area contributed by atoms with Gasteiger partial charge in [0.05, 0.1) is 5.41 Å². The number of amides is 1. The van der Waals surface area contributed by atoms with Crippen molar-refractivity contribution in [1.82, 2.24) is 5.32 Å². The maximum absolute atomic E-state index is 11.5. The van der Waals surface area contributed by atoms with Crippen molar-refractivity contribution in [3.05, 3.63) is 0 Å². The minimum Gasteiger partial charge on any atom is -0.396 e. The van der Waals surface area contributed by atoms with Crippen LogP contribution in [0.15, 0.2) is 0 Å². The fraction of sp³-hybridized carbons (Fsp3) is 0.889. The zero-order valence-corrected chi connectivity index (χ0v) is 9.19. The Morgan fingerprint density at radius 1 is 1.62 bits per heavy atom. The van der Waals surface area contributed by atoms with Crippen LogP contribution in [0.4, 0.5) is 0 Å². The number of hydrogen-bond acceptors (Lipinski definition) is 2. The van der Waals surface area contributed by atoms with Crippen LogP contribution >= 0.6 is 11.6 Å². The molecule has 0 bridgehead atoms. The third-order valence-electron chi connectivity index (χ3n) is 1.89. The number of aliphatic hydroxyl groups is 1. The largest absolute Gasteiger partial charge is 0.396 e. The van der Waals surface area contributed by atoms with Gasteiger partial charge >= 0.3 is 0 Å². The lowest BCUT2D eigenvalue weighted by molar-refractivity contribution is -0.129. The van der Waals surface area contributed by atoms with Gasteiger partial charge in [0.15, 0.2) is 0 Å². The molecule has 1 unspecified atom stereocenters. The molecule has 0 aliphatic carbocycles. The van der Waals surface area contributed by atoms with Crippen LogP contribution in [0.5, 0.6) is 0 Å². The van der Waals surface area contributed by atoms with Crippen LogP contribution in [0.1, 0.15) is 27.2 Å². The van der Waals surface area contributed by atoms with E-state index in [1.807, 2.05) is 6.92 Å². The number of alkyl halides is 1. The second-order valence-corrected chi connectivity index (χ2v) is 4.17. The molecule has 0 saturated carbocycles. The minimum absolute atomic E-state index is 0.00000772. The number of aliphatic hydroxyl groups excluding tert-OH is 1. The zero-order chi connectivity index (χ0) is 10.5. The van der Waals surface area contributed by atoms with Gasteiger partial charge in [-0.05, 0) is 27.2 Å². The maximum atomic E-state index is 11.5. The molecule has 1 amide bonds. The van der Waals surface area contributed by atoms with Crippen molar-refractivity contribution in [2.24, 2.45) is 5.41 Å². The van der Waals surface area contributed by atoms with E-state index < -0.39 is 5.41 Å². The molecule has 4 heteroatoms. The summed E-state index contributed by atoms with van der Waals surface area (Å²) in [6, 6.07) is -0.00000772. The Morgan fingerprint density at radius 3 is 2.54 bits per heavy atom. The van der Waals surface area contributed by atoms with Crippen LogP contribution in [0.2, 0.25) is 0 Å². The number of nitrogens with one attached hydrogen (secondary N) is 1. The van der Waals surface area contributed by atoms with Crippen molar-refractivity contribution in [2.75, 3.05) is 12.5 Å². The normalized spacial score (nSPS) is 13.9. The summed E-state index contributed by atoms with van der Waals surface area (Å²) < 4.78 is 0. The quantitative estimate of drug-likeness (QED) is 0.665. The molecule has 13 heavy (non-hydrogen) atoms. The fourth-order valence-electron chi connectivity index (χ4n) is 0.746. The smallest absolute Gasteiger partial charge is 0.227 e. The van der Waals surface area contributed by atoms with Crippen LogP contribution in [0, 0.1) is 5.41 Å². The first kappa shape index (κ1) is 12.7. The molecule has 0 aliphatic heterocycles. The molecule has 3 nitrogen and oxygen atoms in total. The van der Waals surface area contributed by atoms with Gasteiger partial charge in [-0.15, -0.1) is 11.6 Å². The van der Waals surface area contributed by atoms with Crippen LogP contribution in [0.3, 0.4) is 0 Å². The molecule has 0 aromatic rings. The second kappa shape index (κ2) is 5.45. The van der Waals surface area contributed by atoms with E-state index in [2.05, 4.69) is 5.32 Å². The molecule has 78 valence electrons. The Labute approximate surface area is 84.5 Å². The minimum atomic E-state index is -0.536. The number of hydrogen-bond donors (Lipinski definition) is 2. The number of carbonyl (C=O) groups excluding carboxylic acids is 1. The van der Waals surface area contributed by atoms with E-state index in [4.69, 9.17) is 16.7 Å². The fourth-order valence-corrected chi connectivity index (χ4v) is 0.867. The van der Waals surface area contributed by atoms with Gasteiger partial charge in [0, 0.05) is 18.5 Å². The summed E-state index contributed by atoms with van der Waals surface area (Å²) in [6.45, 7) is 5.53. The summed E-state index contributed by atoms with van der Waals surface area (Å²) in [5.74, 6) is 0.230. The summed E-state index contributed by atoms with van der Waals surface area (Å²) >= 11 is 5.64. The lowest BCUT2D eigenvalue weighted by Gasteiger charge is -2.23. The summed E-state index contributed by atoms with van der Waals surface area (Å²) in [4.78, 5) is 11.5. The molecule has 0 rings (SSSR count). The first-order chi connectivity index (χ1) is 5.94. The molecule has 0 fully saturated rings. The Hall–Kier alpha value is -0.280. The lowest BCUT2D eigenvalue weighted by Crippen LogP contribution is -2.42.